The van der Waals surface area contributed by atoms with E-state index < -0.39 is 11.6 Å². The fourth-order valence-corrected chi connectivity index (χ4v) is 0.948. The van der Waals surface area contributed by atoms with Crippen LogP contribution in [0.25, 0.3) is 5.57 Å². The second-order valence-corrected chi connectivity index (χ2v) is 2.63. The summed E-state index contributed by atoms with van der Waals surface area (Å²) in [7, 11) is 0. The van der Waals surface area contributed by atoms with Crippen LogP contribution in [0.1, 0.15) is 19.4 Å². The van der Waals surface area contributed by atoms with Gasteiger partial charge in [-0.05, 0) is 37.1 Å². The van der Waals surface area contributed by atoms with Gasteiger partial charge in [-0.25, -0.2) is 8.78 Å². The van der Waals surface area contributed by atoms with E-state index in [2.05, 4.69) is 0 Å². The van der Waals surface area contributed by atoms with Crippen LogP contribution < -0.4 is 0 Å². The fraction of sp³-hybridized carbons (Fsp3) is 0.200. The van der Waals surface area contributed by atoms with Crippen LogP contribution in [0.4, 0.5) is 8.78 Å². The van der Waals surface area contributed by atoms with Crippen molar-refractivity contribution in [3.8, 4) is 0 Å². The van der Waals surface area contributed by atoms with Crippen LogP contribution in [-0.2, 0) is 0 Å². The predicted molar refractivity (Wildman–Crippen MR) is 45.7 cm³/mol. The number of allylic oxidation sites excluding steroid dienone is 2. The molecule has 64 valence electrons. The van der Waals surface area contributed by atoms with Crippen molar-refractivity contribution in [1.82, 2.24) is 0 Å². The Bertz CT molecular complexity index is 293. The van der Waals surface area contributed by atoms with Crippen molar-refractivity contribution in [3.63, 3.8) is 0 Å². The quantitative estimate of drug-likeness (QED) is 0.603. The average molecular weight is 168 g/mol. The summed E-state index contributed by atoms with van der Waals surface area (Å²) in [6.45, 7) is 3.65. The van der Waals surface area contributed by atoms with Crippen molar-refractivity contribution in [1.29, 1.82) is 0 Å². The Morgan fingerprint density at radius 2 is 1.67 bits per heavy atom. The highest BCUT2D eigenvalue weighted by molar-refractivity contribution is 5.63. The lowest BCUT2D eigenvalue weighted by Crippen LogP contribution is -1.85. The van der Waals surface area contributed by atoms with Crippen LogP contribution in [0.15, 0.2) is 24.3 Å². The van der Waals surface area contributed by atoms with Crippen LogP contribution in [-0.4, -0.2) is 0 Å². The lowest BCUT2D eigenvalue weighted by atomic mass is 10.1. The second-order valence-electron chi connectivity index (χ2n) is 2.63. The Morgan fingerprint density at radius 3 is 2.08 bits per heavy atom. The van der Waals surface area contributed by atoms with E-state index in [0.29, 0.717) is 5.56 Å². The van der Waals surface area contributed by atoms with Crippen molar-refractivity contribution in [3.05, 3.63) is 41.5 Å². The van der Waals surface area contributed by atoms with Gasteiger partial charge < -0.3 is 0 Å². The molecule has 1 aromatic rings. The summed E-state index contributed by atoms with van der Waals surface area (Å²) < 4.78 is 25.3. The Hall–Kier alpha value is -1.18. The SMILES string of the molecule is C/C=C(/C)c1cc(F)cc(F)c1. The van der Waals surface area contributed by atoms with Gasteiger partial charge in [0.1, 0.15) is 11.6 Å². The molecule has 0 aliphatic rings. The van der Waals surface area contributed by atoms with Crippen molar-refractivity contribution in [2.75, 3.05) is 0 Å². The lowest BCUT2D eigenvalue weighted by molar-refractivity contribution is 0.582. The van der Waals surface area contributed by atoms with Crippen molar-refractivity contribution in [2.24, 2.45) is 0 Å². The molecule has 0 radical (unpaired) electrons. The lowest BCUT2D eigenvalue weighted by Gasteiger charge is -2.00. The molecule has 0 heterocycles. The Morgan fingerprint density at radius 1 is 1.17 bits per heavy atom. The maximum atomic E-state index is 12.7. The predicted octanol–water partition coefficient (Wildman–Crippen LogP) is 3.39. The molecule has 0 atom stereocenters. The van der Waals surface area contributed by atoms with E-state index >= 15 is 0 Å². The van der Waals surface area contributed by atoms with Gasteiger partial charge in [-0.1, -0.05) is 6.08 Å². The Kier molecular flexibility index (Phi) is 2.58. The molecule has 0 fully saturated rings. The van der Waals surface area contributed by atoms with Crippen molar-refractivity contribution >= 4 is 5.57 Å². The number of rotatable bonds is 1. The van der Waals surface area contributed by atoms with Crippen LogP contribution in [0.3, 0.4) is 0 Å². The zero-order valence-corrected chi connectivity index (χ0v) is 7.07. The number of hydrogen-bond acceptors (Lipinski definition) is 0. The minimum atomic E-state index is -0.536. The van der Waals surface area contributed by atoms with Gasteiger partial charge in [-0.3, -0.25) is 0 Å². The van der Waals surface area contributed by atoms with Crippen LogP contribution in [0.2, 0.25) is 0 Å². The summed E-state index contributed by atoms with van der Waals surface area (Å²) in [6.07, 6.45) is 1.81. The topological polar surface area (TPSA) is 0 Å². The molecule has 0 amide bonds. The molecule has 0 aliphatic heterocycles. The highest BCUT2D eigenvalue weighted by Gasteiger charge is 2.00. The first-order chi connectivity index (χ1) is 5.63. The maximum Gasteiger partial charge on any atom is 0.126 e. The molecule has 0 aliphatic carbocycles. The van der Waals surface area contributed by atoms with Gasteiger partial charge in [-0.15, -0.1) is 0 Å². The molecule has 0 aromatic heterocycles. The average Bonchev–Trinajstić information content (AvgIpc) is 2.01. The van der Waals surface area contributed by atoms with Gasteiger partial charge in [0.25, 0.3) is 0 Å². The molecule has 0 bridgehead atoms. The first kappa shape index (κ1) is 8.91. The third-order valence-electron chi connectivity index (χ3n) is 1.75. The number of halogens is 2. The fourth-order valence-electron chi connectivity index (χ4n) is 0.948. The molecule has 0 saturated heterocycles. The number of benzene rings is 1. The van der Waals surface area contributed by atoms with Gasteiger partial charge in [0.2, 0.25) is 0 Å². The number of hydrogen-bond donors (Lipinski definition) is 0. The summed E-state index contributed by atoms with van der Waals surface area (Å²) in [6, 6.07) is 3.50. The molecule has 1 rings (SSSR count). The molecule has 0 saturated carbocycles. The summed E-state index contributed by atoms with van der Waals surface area (Å²) >= 11 is 0. The van der Waals surface area contributed by atoms with Crippen LogP contribution in [0, 0.1) is 11.6 Å². The zero-order chi connectivity index (χ0) is 9.14. The molecule has 0 nitrogen and oxygen atoms in total. The van der Waals surface area contributed by atoms with E-state index in [4.69, 9.17) is 0 Å². The van der Waals surface area contributed by atoms with Gasteiger partial charge in [-0.2, -0.15) is 0 Å². The molecule has 2 heteroatoms. The van der Waals surface area contributed by atoms with E-state index in [1.165, 1.54) is 12.1 Å². The maximum absolute atomic E-state index is 12.7. The first-order valence-electron chi connectivity index (χ1n) is 3.73. The molecule has 0 unspecified atom stereocenters. The minimum absolute atomic E-state index is 0.536. The molecule has 12 heavy (non-hydrogen) atoms. The summed E-state index contributed by atoms with van der Waals surface area (Å²) in [5.41, 5.74) is 1.46. The van der Waals surface area contributed by atoms with E-state index in [1.54, 1.807) is 0 Å². The van der Waals surface area contributed by atoms with Gasteiger partial charge in [0, 0.05) is 6.07 Å². The second kappa shape index (κ2) is 3.48. The zero-order valence-electron chi connectivity index (χ0n) is 7.07. The van der Waals surface area contributed by atoms with E-state index in [0.717, 1.165) is 11.6 Å². The monoisotopic (exact) mass is 168 g/mol. The summed E-state index contributed by atoms with van der Waals surface area (Å²) in [5, 5.41) is 0. The van der Waals surface area contributed by atoms with Gasteiger partial charge in [0.05, 0.1) is 0 Å². The minimum Gasteiger partial charge on any atom is -0.207 e. The summed E-state index contributed by atoms with van der Waals surface area (Å²) in [5.74, 6) is -1.07. The molecule has 1 aromatic carbocycles. The first-order valence-corrected chi connectivity index (χ1v) is 3.73. The highest BCUT2D eigenvalue weighted by Crippen LogP contribution is 2.16. The van der Waals surface area contributed by atoms with Gasteiger partial charge >= 0.3 is 0 Å². The standard InChI is InChI=1S/C10H10F2/c1-3-7(2)8-4-9(11)6-10(12)5-8/h3-6H,1-2H3/b7-3-. The van der Waals surface area contributed by atoms with Gasteiger partial charge in [0.15, 0.2) is 0 Å². The van der Waals surface area contributed by atoms with E-state index in [9.17, 15) is 8.78 Å². The third-order valence-corrected chi connectivity index (χ3v) is 1.75. The van der Waals surface area contributed by atoms with E-state index in [1.807, 2.05) is 19.9 Å². The molecule has 0 N–H and O–H groups in total. The van der Waals surface area contributed by atoms with Crippen LogP contribution in [0.5, 0.6) is 0 Å². The molecular formula is C10H10F2. The van der Waals surface area contributed by atoms with Crippen molar-refractivity contribution in [2.45, 2.75) is 13.8 Å². The molecule has 0 spiro atoms. The summed E-state index contributed by atoms with van der Waals surface area (Å²) in [4.78, 5) is 0. The van der Waals surface area contributed by atoms with Crippen molar-refractivity contribution < 1.29 is 8.78 Å². The molecular weight excluding hydrogens is 158 g/mol. The van der Waals surface area contributed by atoms with Crippen LogP contribution >= 0.6 is 0 Å². The Labute approximate surface area is 70.5 Å². The largest absolute Gasteiger partial charge is 0.207 e. The van der Waals surface area contributed by atoms with E-state index in [-0.39, 0.29) is 0 Å². The highest BCUT2D eigenvalue weighted by atomic mass is 19.1. The smallest absolute Gasteiger partial charge is 0.126 e. The third kappa shape index (κ3) is 1.91. The normalized spacial score (nSPS) is 11.8. The Balaban J connectivity index is 3.17.